The van der Waals surface area contributed by atoms with E-state index in [1.165, 1.54) is 14.0 Å². The predicted octanol–water partition coefficient (Wildman–Crippen LogP) is 3.09. The highest BCUT2D eigenvalue weighted by Crippen LogP contribution is 2.13. The minimum atomic E-state index is -0.970. The molecule has 194 valence electrons. The lowest BCUT2D eigenvalue weighted by Crippen LogP contribution is -2.45. The molecule has 0 fully saturated rings. The number of rotatable bonds is 10. The van der Waals surface area contributed by atoms with Crippen molar-refractivity contribution in [2.45, 2.75) is 64.8 Å². The van der Waals surface area contributed by atoms with Gasteiger partial charge in [0, 0.05) is 19.8 Å². The van der Waals surface area contributed by atoms with Crippen molar-refractivity contribution < 1.29 is 33.4 Å². The number of nitrogens with one attached hydrogen (secondary N) is 2. The van der Waals surface area contributed by atoms with E-state index in [1.807, 2.05) is 30.3 Å². The minimum Gasteiger partial charge on any atom is -0.467 e. The first-order valence-corrected chi connectivity index (χ1v) is 11.6. The van der Waals surface area contributed by atoms with E-state index in [0.717, 1.165) is 16.7 Å². The second kappa shape index (κ2) is 13.3. The topological polar surface area (TPSA) is 120 Å². The van der Waals surface area contributed by atoms with Crippen molar-refractivity contribution in [3.8, 4) is 0 Å². The lowest BCUT2D eigenvalue weighted by Gasteiger charge is -2.23. The Hall–Kier alpha value is -3.88. The molecular formula is C27H34N2O7. The fraction of sp³-hybridized carbons (Fsp3) is 0.407. The van der Waals surface area contributed by atoms with Crippen LogP contribution in [-0.2, 0) is 48.0 Å². The van der Waals surface area contributed by atoms with Crippen LogP contribution in [0.3, 0.4) is 0 Å². The molecule has 0 unspecified atom stereocenters. The van der Waals surface area contributed by atoms with Gasteiger partial charge in [0.05, 0.1) is 7.11 Å². The fourth-order valence-corrected chi connectivity index (χ4v) is 3.41. The Morgan fingerprint density at radius 3 is 1.89 bits per heavy atom. The molecule has 0 aliphatic heterocycles. The number of ether oxygens (including phenoxy) is 3. The van der Waals surface area contributed by atoms with Gasteiger partial charge in [0.15, 0.2) is 0 Å². The molecule has 2 amide bonds. The van der Waals surface area contributed by atoms with Gasteiger partial charge in [0.2, 0.25) is 5.91 Å². The summed E-state index contributed by atoms with van der Waals surface area (Å²) >= 11 is 0. The van der Waals surface area contributed by atoms with Crippen molar-refractivity contribution in [3.05, 3.63) is 71.3 Å². The largest absolute Gasteiger partial charge is 0.467 e. The Morgan fingerprint density at radius 2 is 1.36 bits per heavy atom. The Bertz CT molecular complexity index is 1050. The molecule has 2 atom stereocenters. The molecule has 36 heavy (non-hydrogen) atoms. The maximum atomic E-state index is 12.7. The van der Waals surface area contributed by atoms with Crippen LogP contribution in [0.5, 0.6) is 0 Å². The number of amides is 2. The molecular weight excluding hydrogens is 464 g/mol. The summed E-state index contributed by atoms with van der Waals surface area (Å²) < 4.78 is 15.5. The monoisotopic (exact) mass is 498 g/mol. The van der Waals surface area contributed by atoms with Gasteiger partial charge in [-0.15, -0.1) is 0 Å². The van der Waals surface area contributed by atoms with Gasteiger partial charge < -0.3 is 24.8 Å². The summed E-state index contributed by atoms with van der Waals surface area (Å²) in [5.41, 5.74) is 1.57. The minimum absolute atomic E-state index is 0.0902. The van der Waals surface area contributed by atoms with E-state index in [-0.39, 0.29) is 25.4 Å². The Kier molecular flexibility index (Phi) is 10.5. The average Bonchev–Trinajstić information content (AvgIpc) is 2.80. The van der Waals surface area contributed by atoms with Crippen LogP contribution in [0.2, 0.25) is 0 Å². The van der Waals surface area contributed by atoms with Crippen LogP contribution in [0.1, 0.15) is 44.4 Å². The molecule has 2 aromatic rings. The van der Waals surface area contributed by atoms with Crippen LogP contribution in [0.4, 0.5) is 4.79 Å². The summed E-state index contributed by atoms with van der Waals surface area (Å²) in [6, 6.07) is 14.5. The second-order valence-electron chi connectivity index (χ2n) is 9.30. The number of carbonyl (C=O) groups is 4. The Balaban J connectivity index is 2.11. The standard InChI is InChI=1S/C27H34N2O7/c1-18(30)28-23(25(32)35-17-19-10-7-6-8-11-19)16-21-13-9-12-20(14-21)15-22(24(31)34-5)29-26(33)36-27(2,3)4/h6-14,22-23H,15-17H2,1-5H3,(H,28,30)(H,29,33)/t22-,23-/m0/s1. The molecule has 0 saturated heterocycles. The third-order valence-corrected chi connectivity index (χ3v) is 4.93. The fourth-order valence-electron chi connectivity index (χ4n) is 3.41. The molecule has 2 N–H and O–H groups in total. The third kappa shape index (κ3) is 10.2. The molecule has 2 rings (SSSR count). The Morgan fingerprint density at radius 1 is 0.806 bits per heavy atom. The highest BCUT2D eigenvalue weighted by atomic mass is 16.6. The van der Waals surface area contributed by atoms with Gasteiger partial charge >= 0.3 is 18.0 Å². The number of esters is 2. The number of methoxy groups -OCH3 is 1. The predicted molar refractivity (Wildman–Crippen MR) is 133 cm³/mol. The summed E-state index contributed by atoms with van der Waals surface area (Å²) in [6.45, 7) is 6.59. The molecule has 0 radical (unpaired) electrons. The first-order chi connectivity index (χ1) is 17.0. The van der Waals surface area contributed by atoms with Gasteiger partial charge in [-0.1, -0.05) is 54.6 Å². The molecule has 0 spiro atoms. The van der Waals surface area contributed by atoms with E-state index < -0.39 is 35.7 Å². The molecule has 0 heterocycles. The number of carbonyl (C=O) groups excluding carboxylic acids is 4. The van der Waals surface area contributed by atoms with Crippen molar-refractivity contribution in [2.75, 3.05) is 7.11 Å². The highest BCUT2D eigenvalue weighted by Gasteiger charge is 2.26. The van der Waals surface area contributed by atoms with Gasteiger partial charge in [-0.2, -0.15) is 0 Å². The van der Waals surface area contributed by atoms with E-state index in [2.05, 4.69) is 10.6 Å². The number of benzene rings is 2. The van der Waals surface area contributed by atoms with Gasteiger partial charge in [-0.25, -0.2) is 14.4 Å². The lowest BCUT2D eigenvalue weighted by atomic mass is 9.99. The molecule has 0 saturated carbocycles. The zero-order valence-corrected chi connectivity index (χ0v) is 21.3. The van der Waals surface area contributed by atoms with Crippen molar-refractivity contribution in [1.29, 1.82) is 0 Å². The van der Waals surface area contributed by atoms with E-state index in [4.69, 9.17) is 14.2 Å². The third-order valence-electron chi connectivity index (χ3n) is 4.93. The normalized spacial score (nSPS) is 12.6. The summed E-state index contributed by atoms with van der Waals surface area (Å²) in [5.74, 6) is -1.54. The first-order valence-electron chi connectivity index (χ1n) is 11.6. The van der Waals surface area contributed by atoms with Crippen molar-refractivity contribution in [3.63, 3.8) is 0 Å². The molecule has 9 nitrogen and oxygen atoms in total. The van der Waals surface area contributed by atoms with Gasteiger partial charge in [0.25, 0.3) is 0 Å². The van der Waals surface area contributed by atoms with E-state index in [9.17, 15) is 19.2 Å². The average molecular weight is 499 g/mol. The quantitative estimate of drug-likeness (QED) is 0.382. The van der Waals surface area contributed by atoms with Crippen molar-refractivity contribution in [1.82, 2.24) is 10.6 Å². The summed E-state index contributed by atoms with van der Waals surface area (Å²) in [5, 5.41) is 5.18. The number of hydrogen-bond donors (Lipinski definition) is 2. The van der Waals surface area contributed by atoms with Gasteiger partial charge in [-0.3, -0.25) is 4.79 Å². The van der Waals surface area contributed by atoms with Crippen LogP contribution >= 0.6 is 0 Å². The SMILES string of the molecule is COC(=O)[C@H](Cc1cccc(C[C@H](NC(C)=O)C(=O)OCc2ccccc2)c1)NC(=O)OC(C)(C)C. The van der Waals surface area contributed by atoms with E-state index in [1.54, 1.807) is 45.0 Å². The lowest BCUT2D eigenvalue weighted by molar-refractivity contribution is -0.149. The van der Waals surface area contributed by atoms with Crippen LogP contribution in [-0.4, -0.2) is 48.7 Å². The molecule has 0 aliphatic rings. The Labute approximate surface area is 211 Å². The summed E-state index contributed by atoms with van der Waals surface area (Å²) in [6.07, 6.45) is -0.409. The molecule has 0 aliphatic carbocycles. The van der Waals surface area contributed by atoms with E-state index >= 15 is 0 Å². The molecule has 9 heteroatoms. The van der Waals surface area contributed by atoms with Crippen molar-refractivity contribution in [2.24, 2.45) is 0 Å². The van der Waals surface area contributed by atoms with Gasteiger partial charge in [0.1, 0.15) is 24.3 Å². The second-order valence-corrected chi connectivity index (χ2v) is 9.30. The molecule has 0 aromatic heterocycles. The van der Waals surface area contributed by atoms with Gasteiger partial charge in [-0.05, 0) is 37.5 Å². The maximum Gasteiger partial charge on any atom is 0.408 e. The van der Waals surface area contributed by atoms with Crippen LogP contribution in [0, 0.1) is 0 Å². The highest BCUT2D eigenvalue weighted by molar-refractivity contribution is 5.83. The maximum absolute atomic E-state index is 12.7. The zero-order chi connectivity index (χ0) is 26.7. The van der Waals surface area contributed by atoms with Crippen molar-refractivity contribution >= 4 is 23.9 Å². The number of alkyl carbamates (subject to hydrolysis) is 1. The van der Waals surface area contributed by atoms with Crippen LogP contribution < -0.4 is 10.6 Å². The summed E-state index contributed by atoms with van der Waals surface area (Å²) in [4.78, 5) is 48.9. The van der Waals surface area contributed by atoms with Crippen LogP contribution in [0.15, 0.2) is 54.6 Å². The van der Waals surface area contributed by atoms with Crippen LogP contribution in [0.25, 0.3) is 0 Å². The smallest absolute Gasteiger partial charge is 0.408 e. The zero-order valence-electron chi connectivity index (χ0n) is 21.3. The summed E-state index contributed by atoms with van der Waals surface area (Å²) in [7, 11) is 1.24. The molecule has 2 aromatic carbocycles. The number of hydrogen-bond acceptors (Lipinski definition) is 7. The first kappa shape index (κ1) is 28.4. The van der Waals surface area contributed by atoms with E-state index in [0.29, 0.717) is 0 Å². The molecule has 0 bridgehead atoms.